The van der Waals surface area contributed by atoms with Crippen molar-refractivity contribution in [2.45, 2.75) is 45.4 Å². The van der Waals surface area contributed by atoms with Crippen molar-refractivity contribution in [1.82, 2.24) is 5.32 Å². The zero-order chi connectivity index (χ0) is 17.8. The molecule has 3 rings (SSSR count). The van der Waals surface area contributed by atoms with E-state index >= 15 is 0 Å². The second-order valence-corrected chi connectivity index (χ2v) is 8.00. The van der Waals surface area contributed by atoms with Crippen LogP contribution in [-0.2, 0) is 4.79 Å². The highest BCUT2D eigenvalue weighted by Crippen LogP contribution is 2.36. The number of halogens is 1. The molecule has 4 nitrogen and oxygen atoms in total. The summed E-state index contributed by atoms with van der Waals surface area (Å²) in [7, 11) is 0. The van der Waals surface area contributed by atoms with E-state index in [-0.39, 0.29) is 11.1 Å². The Kier molecular flexibility index (Phi) is 6.07. The quantitative estimate of drug-likeness (QED) is 0.703. The fraction of sp³-hybridized carbons (Fsp3) is 0.474. The van der Waals surface area contributed by atoms with Crippen LogP contribution in [0.15, 0.2) is 17.0 Å². The predicted molar refractivity (Wildman–Crippen MR) is 102 cm³/mol. The van der Waals surface area contributed by atoms with Gasteiger partial charge in [-0.3, -0.25) is 14.9 Å². The largest absolute Gasteiger partial charge is 0.492 e. The van der Waals surface area contributed by atoms with Gasteiger partial charge in [-0.15, -0.1) is 0 Å². The third-order valence-electron chi connectivity index (χ3n) is 4.75. The van der Waals surface area contributed by atoms with Crippen LogP contribution in [0.25, 0.3) is 6.08 Å². The first-order chi connectivity index (χ1) is 12.0. The van der Waals surface area contributed by atoms with E-state index in [0.717, 1.165) is 29.7 Å². The molecule has 6 heteroatoms. The average molecular weight is 380 g/mol. The Morgan fingerprint density at radius 1 is 1.28 bits per heavy atom. The van der Waals surface area contributed by atoms with Crippen LogP contribution in [0.5, 0.6) is 5.75 Å². The van der Waals surface area contributed by atoms with E-state index in [4.69, 9.17) is 16.3 Å². The molecule has 1 aromatic rings. The summed E-state index contributed by atoms with van der Waals surface area (Å²) in [5.74, 6) is 1.04. The van der Waals surface area contributed by atoms with Gasteiger partial charge in [0, 0.05) is 0 Å². The van der Waals surface area contributed by atoms with Crippen molar-refractivity contribution in [3.63, 3.8) is 0 Å². The number of benzene rings is 1. The molecule has 0 bridgehead atoms. The Balaban J connectivity index is 1.70. The van der Waals surface area contributed by atoms with Gasteiger partial charge in [0.15, 0.2) is 0 Å². The summed E-state index contributed by atoms with van der Waals surface area (Å²) in [4.78, 5) is 23.3. The standard InChI is InChI=1S/C19H22ClNO3S/c1-12-7-8-14(11-15-18(22)21-19(23)25-15)16(20)17(12)24-10-9-13-5-3-2-4-6-13/h7-8,11,13H,2-6,9-10H2,1H3,(H,21,22,23)/b15-11-. The molecule has 2 fully saturated rings. The number of carbonyl (C=O) groups excluding carboxylic acids is 2. The Morgan fingerprint density at radius 3 is 2.72 bits per heavy atom. The van der Waals surface area contributed by atoms with E-state index in [9.17, 15) is 9.59 Å². The molecule has 134 valence electrons. The number of nitrogens with one attached hydrogen (secondary N) is 1. The first-order valence-corrected chi connectivity index (χ1v) is 9.91. The van der Waals surface area contributed by atoms with Crippen LogP contribution in [-0.4, -0.2) is 17.8 Å². The maximum Gasteiger partial charge on any atom is 0.290 e. The third-order valence-corrected chi connectivity index (χ3v) is 5.95. The molecule has 0 atom stereocenters. The number of rotatable bonds is 5. The minimum absolute atomic E-state index is 0.351. The van der Waals surface area contributed by atoms with Crippen LogP contribution in [0, 0.1) is 12.8 Å². The smallest absolute Gasteiger partial charge is 0.290 e. The molecule has 0 radical (unpaired) electrons. The molecule has 0 aromatic heterocycles. The van der Waals surface area contributed by atoms with Crippen LogP contribution in [0.3, 0.4) is 0 Å². The zero-order valence-corrected chi connectivity index (χ0v) is 15.8. The molecule has 1 saturated heterocycles. The van der Waals surface area contributed by atoms with Crippen LogP contribution < -0.4 is 10.1 Å². The summed E-state index contributed by atoms with van der Waals surface area (Å²) >= 11 is 7.39. The summed E-state index contributed by atoms with van der Waals surface area (Å²) < 4.78 is 5.99. The van der Waals surface area contributed by atoms with Gasteiger partial charge in [0.1, 0.15) is 5.75 Å². The van der Waals surface area contributed by atoms with Crippen LogP contribution >= 0.6 is 23.4 Å². The first-order valence-electron chi connectivity index (χ1n) is 8.71. The van der Waals surface area contributed by atoms with Gasteiger partial charge in [-0.2, -0.15) is 0 Å². The molecular formula is C19H22ClNO3S. The van der Waals surface area contributed by atoms with Crippen molar-refractivity contribution in [1.29, 1.82) is 0 Å². The number of hydrogen-bond donors (Lipinski definition) is 1. The summed E-state index contributed by atoms with van der Waals surface area (Å²) in [6, 6.07) is 3.77. The maximum absolute atomic E-state index is 11.7. The van der Waals surface area contributed by atoms with Crippen molar-refractivity contribution >= 4 is 40.6 Å². The number of ether oxygens (including phenoxy) is 1. The molecule has 1 saturated carbocycles. The predicted octanol–water partition coefficient (Wildman–Crippen LogP) is 5.32. The average Bonchev–Trinajstić information content (AvgIpc) is 2.91. The lowest BCUT2D eigenvalue weighted by atomic mass is 9.87. The van der Waals surface area contributed by atoms with Gasteiger partial charge in [-0.05, 0) is 48.2 Å². The van der Waals surface area contributed by atoms with Crippen LogP contribution in [0.4, 0.5) is 4.79 Å². The van der Waals surface area contributed by atoms with Crippen LogP contribution in [0.1, 0.15) is 49.7 Å². The monoisotopic (exact) mass is 379 g/mol. The second-order valence-electron chi connectivity index (χ2n) is 6.61. The topological polar surface area (TPSA) is 55.4 Å². The summed E-state index contributed by atoms with van der Waals surface area (Å²) in [6.07, 6.45) is 9.28. The number of hydrogen-bond acceptors (Lipinski definition) is 4. The van der Waals surface area contributed by atoms with Gasteiger partial charge >= 0.3 is 0 Å². The van der Waals surface area contributed by atoms with E-state index in [1.165, 1.54) is 32.1 Å². The van der Waals surface area contributed by atoms with E-state index in [1.54, 1.807) is 6.08 Å². The molecule has 25 heavy (non-hydrogen) atoms. The van der Waals surface area contributed by atoms with Crippen molar-refractivity contribution in [2.75, 3.05) is 6.61 Å². The van der Waals surface area contributed by atoms with Gasteiger partial charge in [-0.25, -0.2) is 0 Å². The molecule has 0 unspecified atom stereocenters. The highest BCUT2D eigenvalue weighted by atomic mass is 35.5. The fourth-order valence-corrected chi connectivity index (χ4v) is 4.32. The van der Waals surface area contributed by atoms with Gasteiger partial charge < -0.3 is 4.74 Å². The van der Waals surface area contributed by atoms with Gasteiger partial charge in [0.2, 0.25) is 0 Å². The SMILES string of the molecule is Cc1ccc(/C=C2\SC(=O)NC2=O)c(Cl)c1OCCC1CCCCC1. The number of amides is 2. The first kappa shape index (κ1) is 18.3. The fourth-order valence-electron chi connectivity index (χ4n) is 3.32. The van der Waals surface area contributed by atoms with Gasteiger partial charge in [-0.1, -0.05) is 55.8 Å². The van der Waals surface area contributed by atoms with Gasteiger partial charge in [0.05, 0.1) is 16.5 Å². The molecule has 0 spiro atoms. The van der Waals surface area contributed by atoms with E-state index < -0.39 is 0 Å². The second kappa shape index (κ2) is 8.28. The van der Waals surface area contributed by atoms with Crippen molar-refractivity contribution < 1.29 is 14.3 Å². The number of thioether (sulfide) groups is 1. The Hall–Kier alpha value is -1.46. The summed E-state index contributed by atoms with van der Waals surface area (Å²) in [5.41, 5.74) is 1.66. The van der Waals surface area contributed by atoms with E-state index in [0.29, 0.717) is 27.8 Å². The third kappa shape index (κ3) is 4.59. The highest BCUT2D eigenvalue weighted by Gasteiger charge is 2.25. The number of aryl methyl sites for hydroxylation is 1. The molecule has 1 aliphatic heterocycles. The summed E-state index contributed by atoms with van der Waals surface area (Å²) in [6.45, 7) is 2.61. The maximum atomic E-state index is 11.7. The zero-order valence-electron chi connectivity index (χ0n) is 14.3. The molecule has 2 aliphatic rings. The molecule has 1 heterocycles. The molecule has 1 N–H and O–H groups in total. The Labute approximate surface area is 157 Å². The van der Waals surface area contributed by atoms with Crippen molar-refractivity contribution in [2.24, 2.45) is 5.92 Å². The Bertz CT molecular complexity index is 711. The Morgan fingerprint density at radius 2 is 2.04 bits per heavy atom. The normalized spacial score (nSPS) is 20.2. The van der Waals surface area contributed by atoms with E-state index in [2.05, 4.69) is 5.32 Å². The lowest BCUT2D eigenvalue weighted by Gasteiger charge is -2.22. The highest BCUT2D eigenvalue weighted by molar-refractivity contribution is 8.18. The van der Waals surface area contributed by atoms with Crippen LogP contribution in [0.2, 0.25) is 5.02 Å². The minimum Gasteiger partial charge on any atom is -0.492 e. The number of imide groups is 1. The van der Waals surface area contributed by atoms with Gasteiger partial charge in [0.25, 0.3) is 11.1 Å². The number of carbonyl (C=O) groups is 2. The minimum atomic E-state index is -0.383. The van der Waals surface area contributed by atoms with Crippen molar-refractivity contribution in [3.05, 3.63) is 33.2 Å². The molecular weight excluding hydrogens is 358 g/mol. The molecule has 2 amide bonds. The van der Waals surface area contributed by atoms with E-state index in [1.807, 2.05) is 19.1 Å². The lowest BCUT2D eigenvalue weighted by Crippen LogP contribution is -2.17. The molecule has 1 aliphatic carbocycles. The molecule has 1 aromatic carbocycles. The van der Waals surface area contributed by atoms with Crippen molar-refractivity contribution in [3.8, 4) is 5.75 Å². The lowest BCUT2D eigenvalue weighted by molar-refractivity contribution is -0.115. The summed E-state index contributed by atoms with van der Waals surface area (Å²) in [5, 5.41) is 2.38.